The number of fused-ring (bicyclic) bond motifs is 2. The van der Waals surface area contributed by atoms with Crippen molar-refractivity contribution in [2.75, 3.05) is 19.6 Å². The highest BCUT2D eigenvalue weighted by Gasteiger charge is 2.45. The number of benzene rings is 1. The first-order valence-electron chi connectivity index (χ1n) is 11.7. The minimum atomic E-state index is -0.334. The number of carbonyl (C=O) groups is 1. The number of pyridine rings is 1. The lowest BCUT2D eigenvalue weighted by molar-refractivity contribution is 0.0595. The molecule has 2 fully saturated rings. The van der Waals surface area contributed by atoms with Gasteiger partial charge in [0.05, 0.1) is 11.5 Å². The largest absolute Gasteiger partial charge is 0.337 e. The van der Waals surface area contributed by atoms with Crippen LogP contribution in [-0.2, 0) is 18.4 Å². The Morgan fingerprint density at radius 1 is 1.03 bits per heavy atom. The van der Waals surface area contributed by atoms with E-state index >= 15 is 0 Å². The van der Waals surface area contributed by atoms with Crippen molar-refractivity contribution in [1.82, 2.24) is 19.2 Å². The first kappa shape index (κ1) is 19.5. The summed E-state index contributed by atoms with van der Waals surface area (Å²) in [6.45, 7) is 3.68. The van der Waals surface area contributed by atoms with Gasteiger partial charge in [0.1, 0.15) is 11.3 Å². The standard InChI is InChI=1S/C26H27N5O/c27-18-26(10-11-26)21-5-6-24-28-23(17-31(24)16-21)25(32)29-13-8-22(9-14-29)30-12-7-19-3-1-2-4-20(19)15-30/h1-6,16-17,22H,7-15H2. The highest BCUT2D eigenvalue weighted by molar-refractivity contribution is 5.93. The molecule has 4 heterocycles. The summed E-state index contributed by atoms with van der Waals surface area (Å²) in [6.07, 6.45) is 8.75. The topological polar surface area (TPSA) is 64.6 Å². The molecule has 1 amide bonds. The molecule has 2 aromatic heterocycles. The van der Waals surface area contributed by atoms with Gasteiger partial charge in [-0.1, -0.05) is 30.3 Å². The molecule has 3 aromatic rings. The number of amides is 1. The maximum Gasteiger partial charge on any atom is 0.274 e. The Labute approximate surface area is 188 Å². The molecule has 0 N–H and O–H groups in total. The van der Waals surface area contributed by atoms with Crippen molar-refractivity contribution >= 4 is 11.6 Å². The molecule has 1 aromatic carbocycles. The second-order valence-corrected chi connectivity index (χ2v) is 9.52. The number of carbonyl (C=O) groups excluding carboxylic acids is 1. The van der Waals surface area contributed by atoms with E-state index in [9.17, 15) is 10.1 Å². The molecule has 3 aliphatic rings. The summed E-state index contributed by atoms with van der Waals surface area (Å²) in [7, 11) is 0. The van der Waals surface area contributed by atoms with E-state index < -0.39 is 0 Å². The average Bonchev–Trinajstić information content (AvgIpc) is 3.54. The number of imidazole rings is 1. The van der Waals surface area contributed by atoms with Crippen molar-refractivity contribution in [2.24, 2.45) is 0 Å². The molecule has 0 bridgehead atoms. The Kier molecular flexibility index (Phi) is 4.55. The fourth-order valence-electron chi connectivity index (χ4n) is 5.39. The van der Waals surface area contributed by atoms with Gasteiger partial charge in [0, 0.05) is 44.6 Å². The lowest BCUT2D eigenvalue weighted by Crippen LogP contribution is -2.48. The van der Waals surface area contributed by atoms with Crippen molar-refractivity contribution in [2.45, 2.75) is 50.1 Å². The van der Waals surface area contributed by atoms with Crippen LogP contribution >= 0.6 is 0 Å². The molecule has 32 heavy (non-hydrogen) atoms. The predicted molar refractivity (Wildman–Crippen MR) is 121 cm³/mol. The molecule has 1 aliphatic carbocycles. The highest BCUT2D eigenvalue weighted by atomic mass is 16.2. The van der Waals surface area contributed by atoms with E-state index in [1.54, 1.807) is 0 Å². The molecule has 2 aliphatic heterocycles. The van der Waals surface area contributed by atoms with E-state index in [2.05, 4.69) is 40.2 Å². The van der Waals surface area contributed by atoms with Crippen LogP contribution in [0.25, 0.3) is 5.65 Å². The molecule has 6 nitrogen and oxygen atoms in total. The molecular formula is C26H27N5O. The Hall–Kier alpha value is -3.17. The van der Waals surface area contributed by atoms with E-state index in [4.69, 9.17) is 0 Å². The van der Waals surface area contributed by atoms with Gasteiger partial charge < -0.3 is 9.30 Å². The van der Waals surface area contributed by atoms with Crippen LogP contribution in [0, 0.1) is 11.3 Å². The number of piperidine rings is 1. The second-order valence-electron chi connectivity index (χ2n) is 9.52. The minimum Gasteiger partial charge on any atom is -0.337 e. The molecule has 6 rings (SSSR count). The van der Waals surface area contributed by atoms with Crippen LogP contribution in [0.15, 0.2) is 48.8 Å². The van der Waals surface area contributed by atoms with Crippen LogP contribution in [0.4, 0.5) is 0 Å². The summed E-state index contributed by atoms with van der Waals surface area (Å²) in [4.78, 5) is 22.3. The maximum absolute atomic E-state index is 13.2. The van der Waals surface area contributed by atoms with Crippen LogP contribution in [0.1, 0.15) is 52.9 Å². The summed E-state index contributed by atoms with van der Waals surface area (Å²) in [5.41, 5.74) is 4.87. The molecule has 0 unspecified atom stereocenters. The van der Waals surface area contributed by atoms with E-state index in [0.717, 1.165) is 69.5 Å². The lowest BCUT2D eigenvalue weighted by atomic mass is 9.95. The van der Waals surface area contributed by atoms with Crippen molar-refractivity contribution in [1.29, 1.82) is 5.26 Å². The van der Waals surface area contributed by atoms with Crippen LogP contribution in [0.5, 0.6) is 0 Å². The third-order valence-electron chi connectivity index (χ3n) is 7.62. The van der Waals surface area contributed by atoms with Crippen LogP contribution in [0.2, 0.25) is 0 Å². The van der Waals surface area contributed by atoms with Crippen molar-refractivity contribution in [3.63, 3.8) is 0 Å². The van der Waals surface area contributed by atoms with E-state index in [-0.39, 0.29) is 11.3 Å². The highest BCUT2D eigenvalue weighted by Crippen LogP contribution is 2.47. The third kappa shape index (κ3) is 3.28. The molecule has 0 radical (unpaired) electrons. The smallest absolute Gasteiger partial charge is 0.274 e. The second kappa shape index (κ2) is 7.46. The van der Waals surface area contributed by atoms with E-state index in [1.165, 1.54) is 11.1 Å². The van der Waals surface area contributed by atoms with Crippen LogP contribution in [-0.4, -0.2) is 50.8 Å². The van der Waals surface area contributed by atoms with Gasteiger partial charge in [0.2, 0.25) is 0 Å². The van der Waals surface area contributed by atoms with E-state index in [0.29, 0.717) is 11.7 Å². The summed E-state index contributed by atoms with van der Waals surface area (Å²) in [5, 5.41) is 9.47. The van der Waals surface area contributed by atoms with Crippen molar-refractivity contribution < 1.29 is 4.79 Å². The lowest BCUT2D eigenvalue weighted by Gasteiger charge is -2.40. The number of rotatable bonds is 3. The summed E-state index contributed by atoms with van der Waals surface area (Å²) < 4.78 is 1.90. The zero-order valence-corrected chi connectivity index (χ0v) is 18.2. The Balaban J connectivity index is 1.12. The first-order chi connectivity index (χ1) is 15.6. The van der Waals surface area contributed by atoms with Gasteiger partial charge in [0.15, 0.2) is 0 Å². The normalized spacial score (nSPS) is 20.7. The number of hydrogen-bond acceptors (Lipinski definition) is 4. The SMILES string of the molecule is N#CC1(c2ccc3nc(C(=O)N4CCC(N5CCc6ccccc6C5)CC4)cn3c2)CC1. The van der Waals surface area contributed by atoms with Crippen molar-refractivity contribution in [3.8, 4) is 6.07 Å². The van der Waals surface area contributed by atoms with Gasteiger partial charge in [-0.25, -0.2) is 4.98 Å². The number of hydrogen-bond donors (Lipinski definition) is 0. The van der Waals surface area contributed by atoms with Crippen LogP contribution < -0.4 is 0 Å². The molecule has 1 saturated heterocycles. The van der Waals surface area contributed by atoms with E-state index in [1.807, 2.05) is 33.8 Å². The number of nitriles is 1. The van der Waals surface area contributed by atoms with Gasteiger partial charge in [-0.15, -0.1) is 0 Å². The third-order valence-corrected chi connectivity index (χ3v) is 7.62. The van der Waals surface area contributed by atoms with Gasteiger partial charge in [0.25, 0.3) is 5.91 Å². The monoisotopic (exact) mass is 425 g/mol. The predicted octanol–water partition coefficient (Wildman–Crippen LogP) is 3.55. The zero-order chi connectivity index (χ0) is 21.7. The number of likely N-dealkylation sites (tertiary alicyclic amines) is 1. The Morgan fingerprint density at radius 2 is 1.81 bits per heavy atom. The maximum atomic E-state index is 13.2. The van der Waals surface area contributed by atoms with Gasteiger partial charge in [-0.2, -0.15) is 5.26 Å². The van der Waals surface area contributed by atoms with Gasteiger partial charge >= 0.3 is 0 Å². The summed E-state index contributed by atoms with van der Waals surface area (Å²) in [5.74, 6) is 0.0131. The molecule has 1 saturated carbocycles. The fraction of sp³-hybridized carbons (Fsp3) is 0.423. The molecular weight excluding hydrogens is 398 g/mol. The summed E-state index contributed by atoms with van der Waals surface area (Å²) >= 11 is 0. The fourth-order valence-corrected chi connectivity index (χ4v) is 5.39. The Morgan fingerprint density at radius 3 is 2.56 bits per heavy atom. The number of nitrogens with zero attached hydrogens (tertiary/aromatic N) is 5. The summed E-state index contributed by atoms with van der Waals surface area (Å²) in [6, 6.07) is 15.6. The van der Waals surface area contributed by atoms with Gasteiger partial charge in [-0.05, 0) is 54.9 Å². The molecule has 0 atom stereocenters. The zero-order valence-electron chi connectivity index (χ0n) is 18.2. The van der Waals surface area contributed by atoms with Crippen LogP contribution in [0.3, 0.4) is 0 Å². The number of aromatic nitrogens is 2. The molecule has 6 heteroatoms. The first-order valence-corrected chi connectivity index (χ1v) is 11.7. The Bertz CT molecular complexity index is 1230. The van der Waals surface area contributed by atoms with Gasteiger partial charge in [-0.3, -0.25) is 9.69 Å². The quantitative estimate of drug-likeness (QED) is 0.644. The molecule has 0 spiro atoms. The van der Waals surface area contributed by atoms with Crippen molar-refractivity contribution in [3.05, 3.63) is 71.2 Å². The molecule has 162 valence electrons. The minimum absolute atomic E-state index is 0.0131. The average molecular weight is 426 g/mol.